The third-order valence-corrected chi connectivity index (χ3v) is 2.82. The van der Waals surface area contributed by atoms with Crippen LogP contribution in [-0.4, -0.2) is 16.5 Å². The highest BCUT2D eigenvalue weighted by Crippen LogP contribution is 2.18. The maximum Gasteiger partial charge on any atom is 0.106 e. The van der Waals surface area contributed by atoms with Crippen LogP contribution in [0.5, 0.6) is 0 Å². The number of aromatic amines is 1. The summed E-state index contributed by atoms with van der Waals surface area (Å²) in [4.78, 5) is 7.64. The van der Waals surface area contributed by atoms with Gasteiger partial charge in [-0.25, -0.2) is 4.98 Å². The molecule has 0 saturated carbocycles. The third kappa shape index (κ3) is 2.96. The van der Waals surface area contributed by atoms with Crippen LogP contribution in [0.4, 0.5) is 0 Å². The minimum absolute atomic E-state index is 0.668. The Labute approximate surface area is 106 Å². The van der Waals surface area contributed by atoms with Gasteiger partial charge < -0.3 is 10.7 Å². The van der Waals surface area contributed by atoms with Crippen molar-refractivity contribution >= 4 is 0 Å². The Morgan fingerprint density at radius 2 is 2.00 bits per heavy atom. The van der Waals surface area contributed by atoms with Crippen LogP contribution in [0.3, 0.4) is 0 Å². The van der Waals surface area contributed by atoms with E-state index in [1.54, 1.807) is 0 Å². The van der Waals surface area contributed by atoms with Gasteiger partial charge in [0, 0.05) is 6.42 Å². The maximum atomic E-state index is 8.74. The number of unbranched alkanes of at least 4 members (excludes halogenated alkanes) is 1. The molecule has 0 radical (unpaired) electrons. The van der Waals surface area contributed by atoms with Crippen LogP contribution in [0, 0.1) is 11.3 Å². The largest absolute Gasteiger partial charge is 0.342 e. The summed E-state index contributed by atoms with van der Waals surface area (Å²) in [6.07, 6.45) is 4.83. The Hall–Kier alpha value is -2.12. The molecule has 4 heteroatoms. The number of imidazole rings is 1. The zero-order valence-electron chi connectivity index (χ0n) is 10.2. The van der Waals surface area contributed by atoms with Crippen molar-refractivity contribution in [3.8, 4) is 17.3 Å². The number of aromatic nitrogens is 2. The van der Waals surface area contributed by atoms with Crippen molar-refractivity contribution in [2.75, 3.05) is 6.54 Å². The van der Waals surface area contributed by atoms with Gasteiger partial charge in [0.15, 0.2) is 0 Å². The molecule has 92 valence electrons. The van der Waals surface area contributed by atoms with Crippen molar-refractivity contribution in [2.45, 2.75) is 19.3 Å². The summed E-state index contributed by atoms with van der Waals surface area (Å²) in [7, 11) is 0. The third-order valence-electron chi connectivity index (χ3n) is 2.82. The lowest BCUT2D eigenvalue weighted by Gasteiger charge is -1.98. The smallest absolute Gasteiger partial charge is 0.106 e. The fourth-order valence-corrected chi connectivity index (χ4v) is 1.80. The average Bonchev–Trinajstić information content (AvgIpc) is 2.88. The first-order valence-electron chi connectivity index (χ1n) is 6.08. The van der Waals surface area contributed by atoms with E-state index in [9.17, 15) is 0 Å². The maximum absolute atomic E-state index is 8.74. The summed E-state index contributed by atoms with van der Waals surface area (Å²) in [5.74, 6) is 0.989. The average molecular weight is 240 g/mol. The van der Waals surface area contributed by atoms with Gasteiger partial charge in [-0.1, -0.05) is 12.1 Å². The number of nitrogens with two attached hydrogens (primary N) is 1. The van der Waals surface area contributed by atoms with E-state index in [0.717, 1.165) is 42.9 Å². The molecule has 4 nitrogen and oxygen atoms in total. The van der Waals surface area contributed by atoms with Crippen LogP contribution in [0.15, 0.2) is 30.5 Å². The first-order chi connectivity index (χ1) is 8.83. The summed E-state index contributed by atoms with van der Waals surface area (Å²) in [5.41, 5.74) is 8.16. The highest BCUT2D eigenvalue weighted by Gasteiger charge is 2.03. The number of nitriles is 1. The molecule has 2 rings (SSSR count). The normalized spacial score (nSPS) is 10.2. The van der Waals surface area contributed by atoms with Crippen molar-refractivity contribution in [2.24, 2.45) is 5.73 Å². The van der Waals surface area contributed by atoms with Gasteiger partial charge in [-0.3, -0.25) is 0 Å². The molecule has 1 aromatic carbocycles. The quantitative estimate of drug-likeness (QED) is 0.786. The molecule has 1 heterocycles. The summed E-state index contributed by atoms with van der Waals surface area (Å²) >= 11 is 0. The van der Waals surface area contributed by atoms with Crippen LogP contribution in [-0.2, 0) is 6.42 Å². The summed E-state index contributed by atoms with van der Waals surface area (Å²) in [6, 6.07) is 9.58. The lowest BCUT2D eigenvalue weighted by atomic mass is 10.1. The van der Waals surface area contributed by atoms with Crippen molar-refractivity contribution in [3.05, 3.63) is 41.9 Å². The Kier molecular flexibility index (Phi) is 4.11. The van der Waals surface area contributed by atoms with Gasteiger partial charge in [0.25, 0.3) is 0 Å². The molecule has 0 fully saturated rings. The van der Waals surface area contributed by atoms with Crippen LogP contribution in [0.1, 0.15) is 24.2 Å². The number of hydrogen-bond acceptors (Lipinski definition) is 3. The van der Waals surface area contributed by atoms with Gasteiger partial charge >= 0.3 is 0 Å². The molecule has 0 saturated heterocycles. The predicted octanol–water partition coefficient (Wildman–Crippen LogP) is 2.23. The Morgan fingerprint density at radius 3 is 2.67 bits per heavy atom. The molecule has 0 unspecified atom stereocenters. The molecule has 3 N–H and O–H groups in total. The van der Waals surface area contributed by atoms with E-state index in [4.69, 9.17) is 11.0 Å². The monoisotopic (exact) mass is 240 g/mol. The molecule has 0 aliphatic heterocycles. The van der Waals surface area contributed by atoms with Gasteiger partial charge in [0.05, 0.1) is 23.5 Å². The van der Waals surface area contributed by atoms with Gasteiger partial charge in [0.1, 0.15) is 5.82 Å². The van der Waals surface area contributed by atoms with Gasteiger partial charge in [-0.05, 0) is 37.1 Å². The number of H-pyrrole nitrogens is 1. The van der Waals surface area contributed by atoms with Gasteiger partial charge in [-0.2, -0.15) is 5.26 Å². The second-order valence-electron chi connectivity index (χ2n) is 4.18. The SMILES string of the molecule is N#Cc1ccc(-c2cnc(CCCCN)[nH]2)cc1. The van der Waals surface area contributed by atoms with Crippen LogP contribution in [0.25, 0.3) is 11.3 Å². The van der Waals surface area contributed by atoms with Crippen LogP contribution in [0.2, 0.25) is 0 Å². The van der Waals surface area contributed by atoms with E-state index in [1.165, 1.54) is 0 Å². The predicted molar refractivity (Wildman–Crippen MR) is 70.7 cm³/mol. The molecule has 0 atom stereocenters. The summed E-state index contributed by atoms with van der Waals surface area (Å²) in [5, 5.41) is 8.74. The fraction of sp³-hybridized carbons (Fsp3) is 0.286. The van der Waals surface area contributed by atoms with E-state index in [0.29, 0.717) is 5.56 Å². The van der Waals surface area contributed by atoms with E-state index in [2.05, 4.69) is 16.0 Å². The number of rotatable bonds is 5. The number of nitrogens with zero attached hydrogens (tertiary/aromatic N) is 2. The van der Waals surface area contributed by atoms with E-state index >= 15 is 0 Å². The highest BCUT2D eigenvalue weighted by atomic mass is 14.9. The lowest BCUT2D eigenvalue weighted by Crippen LogP contribution is -1.99. The van der Waals surface area contributed by atoms with E-state index < -0.39 is 0 Å². The number of aryl methyl sites for hydroxylation is 1. The minimum Gasteiger partial charge on any atom is -0.342 e. The zero-order chi connectivity index (χ0) is 12.8. The number of nitrogens with one attached hydrogen (secondary N) is 1. The van der Waals surface area contributed by atoms with Crippen molar-refractivity contribution in [3.63, 3.8) is 0 Å². The summed E-state index contributed by atoms with van der Waals surface area (Å²) in [6.45, 7) is 0.725. The molecule has 1 aromatic heterocycles. The van der Waals surface area contributed by atoms with E-state index in [-0.39, 0.29) is 0 Å². The Morgan fingerprint density at radius 1 is 1.22 bits per heavy atom. The zero-order valence-corrected chi connectivity index (χ0v) is 10.2. The fourth-order valence-electron chi connectivity index (χ4n) is 1.80. The van der Waals surface area contributed by atoms with E-state index in [1.807, 2.05) is 30.5 Å². The van der Waals surface area contributed by atoms with Gasteiger partial charge in [-0.15, -0.1) is 0 Å². The van der Waals surface area contributed by atoms with Crippen LogP contribution < -0.4 is 5.73 Å². The van der Waals surface area contributed by atoms with Crippen LogP contribution >= 0.6 is 0 Å². The molecule has 0 aliphatic carbocycles. The van der Waals surface area contributed by atoms with Crippen molar-refractivity contribution in [1.29, 1.82) is 5.26 Å². The Balaban J connectivity index is 2.06. The number of hydrogen-bond donors (Lipinski definition) is 2. The molecular weight excluding hydrogens is 224 g/mol. The topological polar surface area (TPSA) is 78.5 Å². The van der Waals surface area contributed by atoms with Gasteiger partial charge in [0.2, 0.25) is 0 Å². The standard InChI is InChI=1S/C14H16N4/c15-8-2-1-3-14-17-10-13(18-14)12-6-4-11(9-16)5-7-12/h4-7,10H,1-3,8,15H2,(H,17,18). The number of benzene rings is 1. The lowest BCUT2D eigenvalue weighted by molar-refractivity contribution is 0.723. The molecule has 18 heavy (non-hydrogen) atoms. The molecule has 0 spiro atoms. The van der Waals surface area contributed by atoms with Crippen molar-refractivity contribution < 1.29 is 0 Å². The first kappa shape index (κ1) is 12.3. The Bertz CT molecular complexity index is 534. The summed E-state index contributed by atoms with van der Waals surface area (Å²) < 4.78 is 0. The molecule has 0 bridgehead atoms. The second kappa shape index (κ2) is 5.99. The minimum atomic E-state index is 0.668. The second-order valence-corrected chi connectivity index (χ2v) is 4.18. The first-order valence-corrected chi connectivity index (χ1v) is 6.08. The van der Waals surface area contributed by atoms with Crippen molar-refractivity contribution in [1.82, 2.24) is 9.97 Å². The highest BCUT2D eigenvalue weighted by molar-refractivity contribution is 5.59. The molecule has 2 aromatic rings. The molecular formula is C14H16N4. The molecule has 0 amide bonds. The molecule has 0 aliphatic rings.